The van der Waals surface area contributed by atoms with E-state index >= 15 is 0 Å². The molecule has 3 nitrogen and oxygen atoms in total. The van der Waals surface area contributed by atoms with E-state index in [2.05, 4.69) is 129 Å². The van der Waals surface area contributed by atoms with E-state index in [1.54, 1.807) is 11.3 Å². The largest absolute Gasteiger partial charge is 0.477 e. The van der Waals surface area contributed by atoms with Crippen molar-refractivity contribution in [1.82, 2.24) is 0 Å². The van der Waals surface area contributed by atoms with Crippen molar-refractivity contribution in [3.8, 4) is 26.3 Å². The molecule has 8 heteroatoms. The highest BCUT2D eigenvalue weighted by molar-refractivity contribution is 8.11. The van der Waals surface area contributed by atoms with Gasteiger partial charge in [0.25, 0.3) is 0 Å². The van der Waals surface area contributed by atoms with E-state index in [1.807, 2.05) is 52.3 Å². The van der Waals surface area contributed by atoms with Crippen LogP contribution in [-0.2, 0) is 17.6 Å². The van der Waals surface area contributed by atoms with Gasteiger partial charge in [-0.15, -0.1) is 57.5 Å². The molecule has 5 heterocycles. The maximum absolute atomic E-state index is 11.5. The lowest BCUT2D eigenvalue weighted by molar-refractivity contribution is -0.132. The van der Waals surface area contributed by atoms with Gasteiger partial charge in [-0.25, -0.2) is 4.79 Å². The van der Waals surface area contributed by atoms with Gasteiger partial charge >= 0.3 is 5.97 Å². The van der Waals surface area contributed by atoms with E-state index in [4.69, 9.17) is 0 Å². The normalized spacial score (nSPS) is 15.7. The second-order valence-corrected chi connectivity index (χ2v) is 21.1. The van der Waals surface area contributed by atoms with E-state index in [0.29, 0.717) is 10.5 Å². The van der Waals surface area contributed by atoms with Crippen LogP contribution in [0.25, 0.3) is 42.8 Å². The number of carboxylic acids is 1. The van der Waals surface area contributed by atoms with Gasteiger partial charge in [0, 0.05) is 44.3 Å². The molecule has 0 saturated heterocycles. The number of nitrogens with zero attached hydrogens (tertiary/aromatic N) is 1. The van der Waals surface area contributed by atoms with Gasteiger partial charge in [-0.05, 0) is 95.0 Å². The smallest absolute Gasteiger partial charge is 0.346 e. The molecule has 3 aromatic heterocycles. The van der Waals surface area contributed by atoms with E-state index in [0.717, 1.165) is 17.7 Å². The summed E-state index contributed by atoms with van der Waals surface area (Å²) in [6.07, 6.45) is 18.4. The molecule has 1 N–H and O–H groups in total. The van der Waals surface area contributed by atoms with Gasteiger partial charge < -0.3 is 5.11 Å². The van der Waals surface area contributed by atoms with Crippen LogP contribution in [0.15, 0.2) is 120 Å². The van der Waals surface area contributed by atoms with Crippen molar-refractivity contribution in [2.75, 3.05) is 0 Å². The summed E-state index contributed by atoms with van der Waals surface area (Å²) in [5.41, 5.74) is 8.85. The molecule has 0 bridgehead atoms. The first-order valence-electron chi connectivity index (χ1n) is 21.2. The monoisotopic (exact) mass is 879 g/mol. The lowest BCUT2D eigenvalue weighted by Crippen LogP contribution is -1.97. The fourth-order valence-corrected chi connectivity index (χ4v) is 15.3. The number of thioether (sulfide) groups is 2. The highest BCUT2D eigenvalue weighted by Gasteiger charge is 2.40. The molecule has 8 rings (SSSR count). The maximum Gasteiger partial charge on any atom is 0.346 e. The van der Waals surface area contributed by atoms with Gasteiger partial charge in [-0.1, -0.05) is 143 Å². The lowest BCUT2D eigenvalue weighted by atomic mass is 9.95. The molecule has 0 saturated carbocycles. The van der Waals surface area contributed by atoms with Crippen LogP contribution in [0.5, 0.6) is 0 Å². The molecule has 2 unspecified atom stereocenters. The minimum absolute atomic E-state index is 0.224. The Kier molecular flexibility index (Phi) is 14.1. The van der Waals surface area contributed by atoms with Gasteiger partial charge in [-0.2, -0.15) is 5.26 Å². The number of unbranched alkanes of at least 4 members (excludes halogenated alkanes) is 6. The lowest BCUT2D eigenvalue weighted by Gasteiger charge is -2.10. The SMILES string of the molecule is CCCCCCc1cc(-c2sc(C3=CC4Sc5cc(/C=C(/C#N)C(=O)O)sc5C4S3)cc2CCCCCC)sc1-c1ccc(C=C(c2ccccc2)c2ccccc2)cc1. The van der Waals surface area contributed by atoms with Crippen LogP contribution >= 0.6 is 57.5 Å². The molecular weight excluding hydrogens is 831 g/mol. The zero-order valence-electron chi connectivity index (χ0n) is 34.1. The Morgan fingerprint density at radius 2 is 1.32 bits per heavy atom. The van der Waals surface area contributed by atoms with Crippen molar-refractivity contribution >= 4 is 86.1 Å². The number of aliphatic carboxylic acids is 1. The average Bonchev–Trinajstić information content (AvgIpc) is 4.11. The van der Waals surface area contributed by atoms with Crippen LogP contribution in [0.1, 0.15) is 113 Å². The number of carboxylic acid groups (broad SMARTS) is 1. The Morgan fingerprint density at radius 3 is 1.93 bits per heavy atom. The van der Waals surface area contributed by atoms with Gasteiger partial charge in [0.15, 0.2) is 0 Å². The number of thiophene rings is 3. The molecule has 0 radical (unpaired) electrons. The van der Waals surface area contributed by atoms with Crippen LogP contribution in [0.2, 0.25) is 0 Å². The Morgan fingerprint density at radius 1 is 0.700 bits per heavy atom. The number of aryl methyl sites for hydroxylation is 2. The topological polar surface area (TPSA) is 61.1 Å². The quantitative estimate of drug-likeness (QED) is 0.0403. The molecule has 2 aliphatic heterocycles. The van der Waals surface area contributed by atoms with E-state index in [9.17, 15) is 15.2 Å². The van der Waals surface area contributed by atoms with Gasteiger partial charge in [-0.3, -0.25) is 0 Å². The van der Waals surface area contributed by atoms with Crippen molar-refractivity contribution in [3.05, 3.63) is 157 Å². The Balaban J connectivity index is 1.10. The maximum atomic E-state index is 11.5. The van der Waals surface area contributed by atoms with Gasteiger partial charge in [0.1, 0.15) is 11.6 Å². The third kappa shape index (κ3) is 9.72. The minimum Gasteiger partial charge on any atom is -0.477 e. The average molecular weight is 880 g/mol. The van der Waals surface area contributed by atoms with Crippen LogP contribution in [0.4, 0.5) is 0 Å². The Labute approximate surface area is 375 Å². The molecule has 3 aromatic carbocycles. The van der Waals surface area contributed by atoms with Crippen molar-refractivity contribution in [1.29, 1.82) is 5.26 Å². The summed E-state index contributed by atoms with van der Waals surface area (Å²) >= 11 is 9.38. The fraction of sp³-hybridized carbons (Fsp3) is 0.269. The van der Waals surface area contributed by atoms with Gasteiger partial charge in [0.05, 0.1) is 5.25 Å². The predicted octanol–water partition coefficient (Wildman–Crippen LogP) is 16.3. The zero-order valence-corrected chi connectivity index (χ0v) is 38.2. The first-order valence-corrected chi connectivity index (χ1v) is 25.4. The van der Waals surface area contributed by atoms with Crippen LogP contribution in [0.3, 0.4) is 0 Å². The Hall–Kier alpha value is -4.36. The number of hydrogen-bond acceptors (Lipinski definition) is 7. The number of fused-ring (bicyclic) bond motifs is 3. The standard InChI is InChI=1S/C52H49NO2S5/c1-3-5-7-11-21-38-30-45(60-48(38)37-25-23-34(24-26-37)27-42(35-17-13-9-14-18-35)36-19-15-10-16-20-36)49-39(22-12-8-6-4-2)29-43(58-49)44-32-47-51(59-44)50-46(57-47)31-41(56-50)28-40(33-53)52(54)55/h9-10,13-20,23-32,47,51H,3-8,11-12,21-22H2,1-2H3,(H,54,55)/b40-28-. The molecule has 0 fully saturated rings. The van der Waals surface area contributed by atoms with Crippen molar-refractivity contribution in [2.24, 2.45) is 0 Å². The number of hydrogen-bond donors (Lipinski definition) is 1. The third-order valence-electron chi connectivity index (χ3n) is 11.1. The Bertz CT molecular complexity index is 2520. The van der Waals surface area contributed by atoms with E-state index < -0.39 is 5.97 Å². The molecule has 0 amide bonds. The molecule has 304 valence electrons. The van der Waals surface area contributed by atoms with E-state index in [1.165, 1.54) is 131 Å². The molecule has 0 spiro atoms. The number of rotatable bonds is 18. The molecule has 60 heavy (non-hydrogen) atoms. The molecular formula is C52H49NO2S5. The zero-order chi connectivity index (χ0) is 41.4. The number of carbonyl (C=O) groups is 1. The molecule has 0 aliphatic carbocycles. The first-order chi connectivity index (χ1) is 29.4. The highest BCUT2D eigenvalue weighted by atomic mass is 32.2. The molecule has 2 aliphatic rings. The van der Waals surface area contributed by atoms with Crippen LogP contribution in [0, 0.1) is 11.3 Å². The third-order valence-corrected chi connectivity index (χ3v) is 18.1. The summed E-state index contributed by atoms with van der Waals surface area (Å²) in [6.45, 7) is 4.57. The molecule has 2 atom stereocenters. The fourth-order valence-electron chi connectivity index (χ4n) is 7.98. The number of nitriles is 1. The van der Waals surface area contributed by atoms with Crippen LogP contribution in [-0.4, -0.2) is 16.3 Å². The van der Waals surface area contributed by atoms with Gasteiger partial charge in [0.2, 0.25) is 0 Å². The summed E-state index contributed by atoms with van der Waals surface area (Å²) in [7, 11) is 0. The van der Waals surface area contributed by atoms with E-state index in [-0.39, 0.29) is 5.57 Å². The second kappa shape index (κ2) is 20.0. The van der Waals surface area contributed by atoms with Crippen molar-refractivity contribution in [2.45, 2.75) is 93.5 Å². The first kappa shape index (κ1) is 42.3. The van der Waals surface area contributed by atoms with Crippen molar-refractivity contribution in [3.63, 3.8) is 0 Å². The van der Waals surface area contributed by atoms with Crippen molar-refractivity contribution < 1.29 is 9.90 Å². The molecule has 6 aromatic rings. The summed E-state index contributed by atoms with van der Waals surface area (Å²) in [5, 5.41) is 19.4. The highest BCUT2D eigenvalue weighted by Crippen LogP contribution is 2.63. The number of benzene rings is 3. The summed E-state index contributed by atoms with van der Waals surface area (Å²) in [4.78, 5) is 21.8. The summed E-state index contributed by atoms with van der Waals surface area (Å²) in [5.74, 6) is -1.18. The summed E-state index contributed by atoms with van der Waals surface area (Å²) < 4.78 is 0. The van der Waals surface area contributed by atoms with Crippen LogP contribution < -0.4 is 0 Å². The summed E-state index contributed by atoms with van der Waals surface area (Å²) in [6, 6.07) is 39.5. The second-order valence-electron chi connectivity index (χ2n) is 15.5. The predicted molar refractivity (Wildman–Crippen MR) is 262 cm³/mol. The minimum atomic E-state index is -1.18.